The first-order valence-corrected chi connectivity index (χ1v) is 7.56. The van der Waals surface area contributed by atoms with Crippen LogP contribution in [-0.4, -0.2) is 47.0 Å². The van der Waals surface area contributed by atoms with Crippen LogP contribution in [0.4, 0.5) is 5.69 Å². The molecule has 0 radical (unpaired) electrons. The van der Waals surface area contributed by atoms with E-state index in [0.717, 1.165) is 12.8 Å². The topological polar surface area (TPSA) is 95.9 Å². The fourth-order valence-electron chi connectivity index (χ4n) is 2.53. The number of hydrogen-bond acceptors (Lipinski definition) is 4. The summed E-state index contributed by atoms with van der Waals surface area (Å²) in [5, 5.41) is 11.7. The fourth-order valence-corrected chi connectivity index (χ4v) is 2.53. The Balaban J connectivity index is 1.80. The van der Waals surface area contributed by atoms with Gasteiger partial charge in [0.1, 0.15) is 5.75 Å². The van der Waals surface area contributed by atoms with Gasteiger partial charge in [0.05, 0.1) is 11.6 Å². The number of carboxylic acids is 1. The molecule has 0 bridgehead atoms. The number of benzene rings is 1. The second-order valence-electron chi connectivity index (χ2n) is 5.98. The molecule has 122 valence electrons. The summed E-state index contributed by atoms with van der Waals surface area (Å²) in [7, 11) is 0. The molecule has 1 aliphatic heterocycles. The molecular weight excluding hydrogens is 300 g/mol. The van der Waals surface area contributed by atoms with Crippen molar-refractivity contribution < 1.29 is 24.2 Å². The van der Waals surface area contributed by atoms with Crippen molar-refractivity contribution in [1.29, 1.82) is 0 Å². The molecule has 1 aliphatic carbocycles. The van der Waals surface area contributed by atoms with Crippen LogP contribution < -0.4 is 10.1 Å². The highest BCUT2D eigenvalue weighted by Gasteiger charge is 2.35. The molecular formula is C16H18N2O5. The Morgan fingerprint density at radius 2 is 2.17 bits per heavy atom. The number of ether oxygens (including phenoxy) is 1. The van der Waals surface area contributed by atoms with Crippen molar-refractivity contribution in [2.75, 3.05) is 18.5 Å². The van der Waals surface area contributed by atoms with E-state index in [1.54, 1.807) is 30.0 Å². The standard InChI is InChI=1S/C16H18N2O5/c1-9(16(21)22)7-18(11-3-4-11)15(20)10-2-5-12-13(6-10)23-8-14(19)17-12/h2,5-6,9,11H,3-4,7-8H2,1H3,(H,17,19)(H,21,22). The molecule has 0 aromatic heterocycles. The lowest BCUT2D eigenvalue weighted by Crippen LogP contribution is -2.38. The zero-order valence-electron chi connectivity index (χ0n) is 12.7. The third-order valence-corrected chi connectivity index (χ3v) is 4.00. The van der Waals surface area contributed by atoms with Gasteiger partial charge in [0.15, 0.2) is 6.61 Å². The molecule has 2 aliphatic rings. The molecule has 3 rings (SSSR count). The lowest BCUT2D eigenvalue weighted by atomic mass is 10.1. The zero-order chi connectivity index (χ0) is 16.6. The lowest BCUT2D eigenvalue weighted by molar-refractivity contribution is -0.141. The Hall–Kier alpha value is -2.57. The molecule has 7 heteroatoms. The minimum absolute atomic E-state index is 0.0764. The Morgan fingerprint density at radius 1 is 1.43 bits per heavy atom. The Labute approximate surface area is 133 Å². The second kappa shape index (κ2) is 5.91. The summed E-state index contributed by atoms with van der Waals surface area (Å²) in [6, 6.07) is 4.96. The van der Waals surface area contributed by atoms with Crippen LogP contribution >= 0.6 is 0 Å². The monoisotopic (exact) mass is 318 g/mol. The first kappa shape index (κ1) is 15.3. The molecule has 0 saturated heterocycles. The zero-order valence-corrected chi connectivity index (χ0v) is 12.7. The van der Waals surface area contributed by atoms with Gasteiger partial charge in [-0.05, 0) is 31.0 Å². The molecule has 1 aromatic carbocycles. The maximum Gasteiger partial charge on any atom is 0.308 e. The average molecular weight is 318 g/mol. The van der Waals surface area contributed by atoms with Crippen molar-refractivity contribution in [3.05, 3.63) is 23.8 Å². The van der Waals surface area contributed by atoms with Gasteiger partial charge in [-0.1, -0.05) is 6.92 Å². The maximum absolute atomic E-state index is 12.7. The van der Waals surface area contributed by atoms with E-state index < -0.39 is 11.9 Å². The molecule has 7 nitrogen and oxygen atoms in total. The van der Waals surface area contributed by atoms with Crippen LogP contribution in [0.1, 0.15) is 30.1 Å². The molecule has 1 saturated carbocycles. The van der Waals surface area contributed by atoms with Crippen LogP contribution in [0.5, 0.6) is 5.75 Å². The Bertz CT molecular complexity index is 668. The number of carbonyl (C=O) groups is 3. The van der Waals surface area contributed by atoms with Gasteiger partial charge in [0, 0.05) is 18.2 Å². The number of fused-ring (bicyclic) bond motifs is 1. The summed E-state index contributed by atoms with van der Waals surface area (Å²) < 4.78 is 5.32. The summed E-state index contributed by atoms with van der Waals surface area (Å²) >= 11 is 0. The summed E-state index contributed by atoms with van der Waals surface area (Å²) in [6.07, 6.45) is 1.80. The van der Waals surface area contributed by atoms with Gasteiger partial charge >= 0.3 is 5.97 Å². The highest BCUT2D eigenvalue weighted by Crippen LogP contribution is 2.32. The Kier molecular flexibility index (Phi) is 3.94. The van der Waals surface area contributed by atoms with Crippen LogP contribution in [0.2, 0.25) is 0 Å². The van der Waals surface area contributed by atoms with Crippen molar-refractivity contribution in [2.24, 2.45) is 5.92 Å². The van der Waals surface area contributed by atoms with Crippen LogP contribution in [0.3, 0.4) is 0 Å². The number of aliphatic carboxylic acids is 1. The van der Waals surface area contributed by atoms with Gasteiger partial charge in [-0.25, -0.2) is 0 Å². The van der Waals surface area contributed by atoms with E-state index in [1.165, 1.54) is 0 Å². The van der Waals surface area contributed by atoms with Gasteiger partial charge in [0.2, 0.25) is 0 Å². The normalized spacial score (nSPS) is 17.5. The van der Waals surface area contributed by atoms with Crippen molar-refractivity contribution in [1.82, 2.24) is 4.90 Å². The van der Waals surface area contributed by atoms with E-state index in [-0.39, 0.29) is 31.0 Å². The number of carbonyl (C=O) groups excluding carboxylic acids is 2. The van der Waals surface area contributed by atoms with Gasteiger partial charge < -0.3 is 20.1 Å². The molecule has 1 aromatic rings. The maximum atomic E-state index is 12.7. The summed E-state index contributed by atoms with van der Waals surface area (Å²) in [5.41, 5.74) is 0.971. The molecule has 1 unspecified atom stereocenters. The van der Waals surface area contributed by atoms with E-state index in [4.69, 9.17) is 9.84 Å². The second-order valence-corrected chi connectivity index (χ2v) is 5.98. The highest BCUT2D eigenvalue weighted by atomic mass is 16.5. The molecule has 2 amide bonds. The van der Waals surface area contributed by atoms with Gasteiger partial charge in [-0.2, -0.15) is 0 Å². The summed E-state index contributed by atoms with van der Waals surface area (Å²) in [6.45, 7) is 1.71. The first-order valence-electron chi connectivity index (χ1n) is 7.56. The minimum atomic E-state index is -0.917. The number of carboxylic acid groups (broad SMARTS) is 1. The molecule has 1 heterocycles. The lowest BCUT2D eigenvalue weighted by Gasteiger charge is -2.25. The number of nitrogens with one attached hydrogen (secondary N) is 1. The highest BCUT2D eigenvalue weighted by molar-refractivity contribution is 5.99. The van der Waals surface area contributed by atoms with Crippen LogP contribution in [-0.2, 0) is 9.59 Å². The number of amides is 2. The van der Waals surface area contributed by atoms with Crippen molar-refractivity contribution in [3.63, 3.8) is 0 Å². The van der Waals surface area contributed by atoms with E-state index in [2.05, 4.69) is 5.32 Å². The predicted octanol–water partition coefficient (Wildman–Crippen LogP) is 1.34. The fraction of sp³-hybridized carbons (Fsp3) is 0.438. The van der Waals surface area contributed by atoms with Crippen LogP contribution in [0, 0.1) is 5.92 Å². The minimum Gasteiger partial charge on any atom is -0.482 e. The first-order chi connectivity index (χ1) is 11.0. The quantitative estimate of drug-likeness (QED) is 0.854. The number of nitrogens with zero attached hydrogens (tertiary/aromatic N) is 1. The van der Waals surface area contributed by atoms with Crippen molar-refractivity contribution in [2.45, 2.75) is 25.8 Å². The van der Waals surface area contributed by atoms with Crippen molar-refractivity contribution >= 4 is 23.5 Å². The third-order valence-electron chi connectivity index (χ3n) is 4.00. The van der Waals surface area contributed by atoms with Crippen molar-refractivity contribution in [3.8, 4) is 5.75 Å². The summed E-state index contributed by atoms with van der Waals surface area (Å²) in [4.78, 5) is 36.7. The molecule has 2 N–H and O–H groups in total. The van der Waals surface area contributed by atoms with E-state index in [1.807, 2.05) is 0 Å². The van der Waals surface area contributed by atoms with Gasteiger partial charge in [0.25, 0.3) is 11.8 Å². The summed E-state index contributed by atoms with van der Waals surface area (Å²) in [5.74, 6) is -1.51. The average Bonchev–Trinajstić information content (AvgIpc) is 3.35. The Morgan fingerprint density at radius 3 is 2.83 bits per heavy atom. The molecule has 1 atom stereocenters. The van der Waals surface area contributed by atoms with E-state index in [9.17, 15) is 14.4 Å². The predicted molar refractivity (Wildman–Crippen MR) is 81.4 cm³/mol. The third kappa shape index (κ3) is 3.28. The van der Waals surface area contributed by atoms with Gasteiger partial charge in [-0.15, -0.1) is 0 Å². The van der Waals surface area contributed by atoms with E-state index >= 15 is 0 Å². The van der Waals surface area contributed by atoms with Crippen LogP contribution in [0.25, 0.3) is 0 Å². The van der Waals surface area contributed by atoms with E-state index in [0.29, 0.717) is 17.0 Å². The number of rotatable bonds is 5. The SMILES string of the molecule is CC(CN(C(=O)c1ccc2c(c1)OCC(=O)N2)C1CC1)C(=O)O. The van der Waals surface area contributed by atoms with Gasteiger partial charge in [-0.3, -0.25) is 14.4 Å². The molecule has 1 fully saturated rings. The molecule has 23 heavy (non-hydrogen) atoms. The van der Waals surface area contributed by atoms with Crippen LogP contribution in [0.15, 0.2) is 18.2 Å². The number of hydrogen-bond donors (Lipinski definition) is 2. The largest absolute Gasteiger partial charge is 0.482 e. The smallest absolute Gasteiger partial charge is 0.308 e. The molecule has 0 spiro atoms. The number of anilines is 1.